The second-order valence-corrected chi connectivity index (χ2v) is 11.8. The van der Waals surface area contributed by atoms with Gasteiger partial charge >= 0.3 is 5.97 Å². The van der Waals surface area contributed by atoms with Crippen molar-refractivity contribution < 1.29 is 14.3 Å². The fourth-order valence-corrected chi connectivity index (χ4v) is 8.89. The lowest BCUT2D eigenvalue weighted by Crippen LogP contribution is -2.54. The Bertz CT molecular complexity index is 700. The first-order valence-electron chi connectivity index (χ1n) is 12.8. The number of carbonyl (C=O) groups excluding carboxylic acids is 2. The predicted molar refractivity (Wildman–Crippen MR) is 117 cm³/mol. The number of piperidine rings is 1. The lowest BCUT2D eigenvalue weighted by molar-refractivity contribution is -0.160. The standard InChI is InChI=1S/C26H41NO3/c1-17(28)30-19-9-11-25(2)18(15-19)7-8-20-21(25)10-12-26(3)22(20)16-23(24(26)29)27-13-5-4-6-14-27/h18-23H,4-16H2,1-3H3/t18-,19+,20+,21-,22-,23-,25-,26-/m0/s1. The van der Waals surface area contributed by atoms with Crippen LogP contribution < -0.4 is 0 Å². The Morgan fingerprint density at radius 3 is 2.47 bits per heavy atom. The van der Waals surface area contributed by atoms with Gasteiger partial charge in [0, 0.05) is 12.3 Å². The molecule has 0 amide bonds. The summed E-state index contributed by atoms with van der Waals surface area (Å²) in [5, 5.41) is 0. The quantitative estimate of drug-likeness (QED) is 0.596. The summed E-state index contributed by atoms with van der Waals surface area (Å²) in [5.74, 6) is 3.18. The monoisotopic (exact) mass is 415 g/mol. The Labute approximate surface area is 182 Å². The summed E-state index contributed by atoms with van der Waals surface area (Å²) >= 11 is 0. The molecule has 0 N–H and O–H groups in total. The molecule has 0 unspecified atom stereocenters. The molecule has 0 aromatic carbocycles. The minimum absolute atomic E-state index is 0.0819. The van der Waals surface area contributed by atoms with Crippen LogP contribution in [0.15, 0.2) is 0 Å². The number of carbonyl (C=O) groups is 2. The minimum Gasteiger partial charge on any atom is -0.463 e. The van der Waals surface area contributed by atoms with Gasteiger partial charge in [-0.15, -0.1) is 0 Å². The molecule has 4 saturated carbocycles. The van der Waals surface area contributed by atoms with Gasteiger partial charge in [-0.1, -0.05) is 20.3 Å². The molecule has 1 heterocycles. The van der Waals surface area contributed by atoms with E-state index in [1.165, 1.54) is 44.9 Å². The number of ketones is 1. The van der Waals surface area contributed by atoms with Gasteiger partial charge < -0.3 is 4.74 Å². The normalized spacial score (nSPS) is 49.1. The molecular weight excluding hydrogens is 374 g/mol. The average Bonchev–Trinajstić information content (AvgIpc) is 3.00. The number of ether oxygens (including phenoxy) is 1. The molecule has 0 aromatic heterocycles. The van der Waals surface area contributed by atoms with E-state index < -0.39 is 0 Å². The van der Waals surface area contributed by atoms with E-state index in [0.29, 0.717) is 29.0 Å². The van der Waals surface area contributed by atoms with Gasteiger partial charge in [-0.3, -0.25) is 14.5 Å². The molecule has 0 spiro atoms. The maximum atomic E-state index is 13.7. The van der Waals surface area contributed by atoms with E-state index in [1.807, 2.05) is 0 Å². The Morgan fingerprint density at radius 2 is 1.73 bits per heavy atom. The number of likely N-dealkylation sites (tertiary alicyclic amines) is 1. The number of rotatable bonds is 2. The molecule has 30 heavy (non-hydrogen) atoms. The van der Waals surface area contributed by atoms with Crippen LogP contribution in [-0.4, -0.2) is 41.9 Å². The third kappa shape index (κ3) is 3.19. The number of hydrogen-bond donors (Lipinski definition) is 0. The van der Waals surface area contributed by atoms with Gasteiger partial charge in [0.1, 0.15) is 6.10 Å². The van der Waals surface area contributed by atoms with Gasteiger partial charge in [0.05, 0.1) is 6.04 Å². The molecule has 168 valence electrons. The summed E-state index contributed by atoms with van der Waals surface area (Å²) in [6.45, 7) is 8.67. The molecule has 0 radical (unpaired) electrons. The van der Waals surface area contributed by atoms with Crippen molar-refractivity contribution in [2.45, 2.75) is 104 Å². The maximum Gasteiger partial charge on any atom is 0.302 e. The average molecular weight is 416 g/mol. The lowest BCUT2D eigenvalue weighted by atomic mass is 9.45. The Hall–Kier alpha value is -0.900. The Kier molecular flexibility index (Phi) is 5.31. The third-order valence-electron chi connectivity index (χ3n) is 10.5. The van der Waals surface area contributed by atoms with E-state index in [2.05, 4.69) is 18.7 Å². The minimum atomic E-state index is -0.126. The van der Waals surface area contributed by atoms with Crippen molar-refractivity contribution in [3.8, 4) is 0 Å². The number of nitrogens with zero attached hydrogens (tertiary/aromatic N) is 1. The number of fused-ring (bicyclic) bond motifs is 5. The highest BCUT2D eigenvalue weighted by molar-refractivity contribution is 5.92. The zero-order chi connectivity index (χ0) is 21.1. The zero-order valence-corrected chi connectivity index (χ0v) is 19.3. The van der Waals surface area contributed by atoms with Crippen LogP contribution in [0.1, 0.15) is 91.4 Å². The van der Waals surface area contributed by atoms with Crippen LogP contribution in [0, 0.1) is 34.5 Å². The fourth-order valence-electron chi connectivity index (χ4n) is 8.89. The van der Waals surface area contributed by atoms with Crippen molar-refractivity contribution in [3.63, 3.8) is 0 Å². The second kappa shape index (κ2) is 7.60. The van der Waals surface area contributed by atoms with Crippen LogP contribution in [0.3, 0.4) is 0 Å². The number of hydrogen-bond acceptors (Lipinski definition) is 4. The van der Waals surface area contributed by atoms with E-state index in [1.54, 1.807) is 6.92 Å². The first kappa shape index (κ1) is 21.0. The van der Waals surface area contributed by atoms with E-state index in [9.17, 15) is 9.59 Å². The van der Waals surface area contributed by atoms with Gasteiger partial charge in [-0.05, 0) is 106 Å². The van der Waals surface area contributed by atoms with Gasteiger partial charge in [-0.2, -0.15) is 0 Å². The van der Waals surface area contributed by atoms with Crippen LogP contribution in [0.25, 0.3) is 0 Å². The van der Waals surface area contributed by atoms with Crippen molar-refractivity contribution >= 4 is 11.8 Å². The molecular formula is C26H41NO3. The Morgan fingerprint density at radius 1 is 0.967 bits per heavy atom. The van der Waals surface area contributed by atoms with Crippen molar-refractivity contribution in [2.24, 2.45) is 34.5 Å². The van der Waals surface area contributed by atoms with Crippen LogP contribution in [0.4, 0.5) is 0 Å². The van der Waals surface area contributed by atoms with Gasteiger partial charge in [0.25, 0.3) is 0 Å². The van der Waals surface area contributed by atoms with E-state index in [-0.39, 0.29) is 23.5 Å². The number of esters is 1. The highest BCUT2D eigenvalue weighted by Crippen LogP contribution is 2.65. The molecule has 5 fully saturated rings. The summed E-state index contributed by atoms with van der Waals surface area (Å²) in [6.07, 6.45) is 13.2. The SMILES string of the molecule is CC(=O)O[C@@H]1CC[C@@]2(C)[C@@H](CC[C@@H]3[C@@H]2CC[C@]2(C)C(=O)[C@@H](N4CCCCC4)C[C@@H]32)C1. The largest absolute Gasteiger partial charge is 0.463 e. The second-order valence-electron chi connectivity index (χ2n) is 11.8. The third-order valence-corrected chi connectivity index (χ3v) is 10.5. The molecule has 8 atom stereocenters. The van der Waals surface area contributed by atoms with Crippen LogP contribution in [0.5, 0.6) is 0 Å². The van der Waals surface area contributed by atoms with Crippen molar-refractivity contribution in [3.05, 3.63) is 0 Å². The van der Waals surface area contributed by atoms with Gasteiger partial charge in [-0.25, -0.2) is 0 Å². The summed E-state index contributed by atoms with van der Waals surface area (Å²) in [6, 6.07) is 0.198. The summed E-state index contributed by atoms with van der Waals surface area (Å²) in [5.41, 5.74) is 0.286. The summed E-state index contributed by atoms with van der Waals surface area (Å²) in [4.78, 5) is 27.7. The molecule has 4 heteroatoms. The first-order valence-corrected chi connectivity index (χ1v) is 12.8. The summed E-state index contributed by atoms with van der Waals surface area (Å²) < 4.78 is 5.61. The van der Waals surface area contributed by atoms with Crippen LogP contribution in [0.2, 0.25) is 0 Å². The lowest BCUT2D eigenvalue weighted by Gasteiger charge is -2.60. The molecule has 5 aliphatic rings. The Balaban J connectivity index is 1.35. The molecule has 5 rings (SSSR count). The van der Waals surface area contributed by atoms with E-state index in [0.717, 1.165) is 44.7 Å². The maximum absolute atomic E-state index is 13.7. The summed E-state index contributed by atoms with van der Waals surface area (Å²) in [7, 11) is 0. The number of Topliss-reactive ketones (excluding diaryl/α,β-unsaturated/α-hetero) is 1. The molecule has 1 aliphatic heterocycles. The van der Waals surface area contributed by atoms with Crippen molar-refractivity contribution in [1.82, 2.24) is 4.90 Å². The molecule has 0 aromatic rings. The van der Waals surface area contributed by atoms with Gasteiger partial charge in [0.15, 0.2) is 5.78 Å². The topological polar surface area (TPSA) is 46.6 Å². The zero-order valence-electron chi connectivity index (χ0n) is 19.3. The van der Waals surface area contributed by atoms with E-state index in [4.69, 9.17) is 4.74 Å². The highest BCUT2D eigenvalue weighted by atomic mass is 16.5. The predicted octanol–water partition coefficient (Wildman–Crippen LogP) is 4.99. The van der Waals surface area contributed by atoms with Crippen molar-refractivity contribution in [2.75, 3.05) is 13.1 Å². The molecule has 0 bridgehead atoms. The van der Waals surface area contributed by atoms with E-state index >= 15 is 0 Å². The first-order chi connectivity index (χ1) is 14.3. The van der Waals surface area contributed by atoms with Crippen LogP contribution >= 0.6 is 0 Å². The molecule has 4 aliphatic carbocycles. The smallest absolute Gasteiger partial charge is 0.302 e. The molecule has 1 saturated heterocycles. The van der Waals surface area contributed by atoms with Gasteiger partial charge in [0.2, 0.25) is 0 Å². The van der Waals surface area contributed by atoms with Crippen molar-refractivity contribution in [1.29, 1.82) is 0 Å². The van der Waals surface area contributed by atoms with Crippen LogP contribution in [-0.2, 0) is 14.3 Å². The molecule has 4 nitrogen and oxygen atoms in total. The highest BCUT2D eigenvalue weighted by Gasteiger charge is 2.63. The fraction of sp³-hybridized carbons (Fsp3) is 0.923.